The Hall–Kier alpha value is -0.660. The molecular weight excluding hydrogens is 124 g/mol. The van der Waals surface area contributed by atoms with Crippen molar-refractivity contribution in [2.75, 3.05) is 0 Å². The van der Waals surface area contributed by atoms with Crippen LogP contribution in [0.15, 0.2) is 22.0 Å². The molecule has 0 spiro atoms. The molecule has 0 bridgehead atoms. The van der Waals surface area contributed by atoms with Crippen LogP contribution in [0.25, 0.3) is 0 Å². The first-order chi connectivity index (χ1) is 4.70. The normalized spacial score (nSPS) is 25.2. The van der Waals surface area contributed by atoms with E-state index in [9.17, 15) is 0 Å². The van der Waals surface area contributed by atoms with Gasteiger partial charge < -0.3 is 0 Å². The Balaban J connectivity index is 2.59. The molecular formula is C8H14N2. The molecule has 0 saturated heterocycles. The van der Waals surface area contributed by atoms with Gasteiger partial charge in [-0.25, -0.2) is 0 Å². The zero-order valence-electron chi connectivity index (χ0n) is 6.83. The average Bonchev–Trinajstić information content (AvgIpc) is 1.88. The fraction of sp³-hybridized carbons (Fsp3) is 0.750. The molecule has 1 rings (SSSR count). The number of hydrogen-bond donors (Lipinski definition) is 0. The zero-order valence-corrected chi connectivity index (χ0v) is 6.83. The van der Waals surface area contributed by atoms with E-state index in [-0.39, 0.29) is 0 Å². The lowest BCUT2D eigenvalue weighted by Gasteiger charge is -2.11. The molecule has 10 heavy (non-hydrogen) atoms. The van der Waals surface area contributed by atoms with E-state index in [2.05, 4.69) is 37.1 Å². The molecule has 0 aromatic carbocycles. The zero-order chi connectivity index (χ0) is 7.56. The van der Waals surface area contributed by atoms with Gasteiger partial charge in [-0.3, -0.25) is 0 Å². The van der Waals surface area contributed by atoms with Gasteiger partial charge in [-0.1, -0.05) is 19.9 Å². The van der Waals surface area contributed by atoms with Crippen LogP contribution in [0.2, 0.25) is 0 Å². The monoisotopic (exact) mass is 138 g/mol. The van der Waals surface area contributed by atoms with E-state index < -0.39 is 0 Å². The number of rotatable bonds is 1. The number of allylic oxidation sites excluding steroid dienone is 1. The summed E-state index contributed by atoms with van der Waals surface area (Å²) in [4.78, 5) is 0. The van der Waals surface area contributed by atoms with Gasteiger partial charge in [-0.2, -0.15) is 10.2 Å². The Morgan fingerprint density at radius 3 is 2.70 bits per heavy atom. The first-order valence-electron chi connectivity index (χ1n) is 3.81. The van der Waals surface area contributed by atoms with Gasteiger partial charge in [0.1, 0.15) is 0 Å². The minimum atomic E-state index is 0.391. The summed E-state index contributed by atoms with van der Waals surface area (Å²) in [5, 5.41) is 8.19. The van der Waals surface area contributed by atoms with Gasteiger partial charge in [0.25, 0.3) is 0 Å². The molecule has 1 unspecified atom stereocenters. The highest BCUT2D eigenvalue weighted by Gasteiger charge is 2.08. The SMILES string of the molecule is CC1CC=C(C(C)C)N=N1. The summed E-state index contributed by atoms with van der Waals surface area (Å²) >= 11 is 0. The van der Waals surface area contributed by atoms with Crippen LogP contribution in [0, 0.1) is 5.92 Å². The summed E-state index contributed by atoms with van der Waals surface area (Å²) in [5.41, 5.74) is 1.14. The molecule has 2 nitrogen and oxygen atoms in total. The first-order valence-corrected chi connectivity index (χ1v) is 3.81. The van der Waals surface area contributed by atoms with Crippen molar-refractivity contribution in [2.24, 2.45) is 16.1 Å². The molecule has 0 aromatic rings. The summed E-state index contributed by atoms with van der Waals surface area (Å²) in [5.74, 6) is 0.524. The van der Waals surface area contributed by atoms with Crippen LogP contribution >= 0.6 is 0 Å². The van der Waals surface area contributed by atoms with Crippen molar-refractivity contribution in [2.45, 2.75) is 33.2 Å². The second-order valence-corrected chi connectivity index (χ2v) is 3.08. The summed E-state index contributed by atoms with van der Waals surface area (Å²) in [6.07, 6.45) is 3.24. The second-order valence-electron chi connectivity index (χ2n) is 3.08. The molecule has 0 aromatic heterocycles. The Bertz CT molecular complexity index is 168. The molecule has 2 heteroatoms. The predicted octanol–water partition coefficient (Wildman–Crippen LogP) is 2.77. The van der Waals surface area contributed by atoms with Crippen molar-refractivity contribution in [3.63, 3.8) is 0 Å². The van der Waals surface area contributed by atoms with E-state index in [0.29, 0.717) is 12.0 Å². The first kappa shape index (κ1) is 7.45. The van der Waals surface area contributed by atoms with Crippen molar-refractivity contribution in [1.82, 2.24) is 0 Å². The molecule has 1 aliphatic rings. The Labute approximate surface area is 62.0 Å². The van der Waals surface area contributed by atoms with Crippen molar-refractivity contribution in [3.8, 4) is 0 Å². The quantitative estimate of drug-likeness (QED) is 0.532. The molecule has 56 valence electrons. The predicted molar refractivity (Wildman–Crippen MR) is 41.9 cm³/mol. The molecule has 0 N–H and O–H groups in total. The van der Waals surface area contributed by atoms with E-state index in [4.69, 9.17) is 0 Å². The third-order valence-corrected chi connectivity index (χ3v) is 1.63. The van der Waals surface area contributed by atoms with Gasteiger partial charge in [0, 0.05) is 0 Å². The summed E-state index contributed by atoms with van der Waals surface area (Å²) in [6, 6.07) is 0.391. The maximum Gasteiger partial charge on any atom is 0.0719 e. The maximum absolute atomic E-state index is 4.10. The lowest BCUT2D eigenvalue weighted by Crippen LogP contribution is -2.02. The number of hydrogen-bond acceptors (Lipinski definition) is 2. The Morgan fingerprint density at radius 1 is 1.60 bits per heavy atom. The summed E-state index contributed by atoms with van der Waals surface area (Å²) in [7, 11) is 0. The van der Waals surface area contributed by atoms with E-state index in [1.165, 1.54) is 0 Å². The van der Waals surface area contributed by atoms with Gasteiger partial charge in [-0.05, 0) is 19.3 Å². The fourth-order valence-electron chi connectivity index (χ4n) is 0.896. The van der Waals surface area contributed by atoms with E-state index in [1.807, 2.05) is 0 Å². The van der Waals surface area contributed by atoms with Crippen LogP contribution in [0.4, 0.5) is 0 Å². The maximum atomic E-state index is 4.10. The van der Waals surface area contributed by atoms with Crippen LogP contribution < -0.4 is 0 Å². The van der Waals surface area contributed by atoms with Gasteiger partial charge in [0.15, 0.2) is 0 Å². The van der Waals surface area contributed by atoms with Crippen LogP contribution in [0.1, 0.15) is 27.2 Å². The third kappa shape index (κ3) is 1.66. The standard InChI is InChI=1S/C8H14N2/c1-6(2)8-5-4-7(3)9-10-8/h5-7H,4H2,1-3H3. The molecule has 0 fully saturated rings. The molecule has 0 aliphatic carbocycles. The number of azo groups is 1. The van der Waals surface area contributed by atoms with Crippen LogP contribution in [-0.2, 0) is 0 Å². The van der Waals surface area contributed by atoms with Crippen molar-refractivity contribution in [3.05, 3.63) is 11.8 Å². The smallest absolute Gasteiger partial charge is 0.0719 e. The molecule has 0 saturated carbocycles. The van der Waals surface area contributed by atoms with Gasteiger partial charge >= 0.3 is 0 Å². The lowest BCUT2D eigenvalue weighted by atomic mass is 10.1. The minimum Gasteiger partial charge on any atom is -0.186 e. The molecule has 1 heterocycles. The van der Waals surface area contributed by atoms with Crippen LogP contribution in [0.3, 0.4) is 0 Å². The summed E-state index contributed by atoms with van der Waals surface area (Å²) < 4.78 is 0. The molecule has 0 amide bonds. The van der Waals surface area contributed by atoms with Crippen molar-refractivity contribution >= 4 is 0 Å². The average molecular weight is 138 g/mol. The van der Waals surface area contributed by atoms with E-state index >= 15 is 0 Å². The third-order valence-electron chi connectivity index (χ3n) is 1.63. The molecule has 0 radical (unpaired) electrons. The van der Waals surface area contributed by atoms with Gasteiger partial charge in [-0.15, -0.1) is 0 Å². The topological polar surface area (TPSA) is 24.7 Å². The van der Waals surface area contributed by atoms with Gasteiger partial charge in [0.2, 0.25) is 0 Å². The van der Waals surface area contributed by atoms with E-state index in [1.54, 1.807) is 0 Å². The molecule has 1 aliphatic heterocycles. The summed E-state index contributed by atoms with van der Waals surface area (Å²) in [6.45, 7) is 6.36. The van der Waals surface area contributed by atoms with Gasteiger partial charge in [0.05, 0.1) is 11.7 Å². The second kappa shape index (κ2) is 2.95. The Morgan fingerprint density at radius 2 is 2.30 bits per heavy atom. The van der Waals surface area contributed by atoms with Crippen molar-refractivity contribution < 1.29 is 0 Å². The number of nitrogens with zero attached hydrogens (tertiary/aromatic N) is 2. The van der Waals surface area contributed by atoms with Crippen LogP contribution in [-0.4, -0.2) is 6.04 Å². The Kier molecular flexibility index (Phi) is 2.20. The fourth-order valence-corrected chi connectivity index (χ4v) is 0.896. The highest BCUT2D eigenvalue weighted by atomic mass is 15.1. The van der Waals surface area contributed by atoms with Crippen LogP contribution in [0.5, 0.6) is 0 Å². The highest BCUT2D eigenvalue weighted by Crippen LogP contribution is 2.18. The van der Waals surface area contributed by atoms with Crippen molar-refractivity contribution in [1.29, 1.82) is 0 Å². The molecule has 1 atom stereocenters. The minimum absolute atomic E-state index is 0.391. The lowest BCUT2D eigenvalue weighted by molar-refractivity contribution is 0.628. The highest BCUT2D eigenvalue weighted by molar-refractivity contribution is 5.05. The largest absolute Gasteiger partial charge is 0.186 e. The van der Waals surface area contributed by atoms with E-state index in [0.717, 1.165) is 12.1 Å².